The number of hydrogen-bond donors (Lipinski definition) is 2. The summed E-state index contributed by atoms with van der Waals surface area (Å²) in [5.41, 5.74) is -0.204. The van der Waals surface area contributed by atoms with Crippen molar-refractivity contribution in [1.29, 1.82) is 0 Å². The van der Waals surface area contributed by atoms with Crippen LogP contribution >= 0.6 is 0 Å². The summed E-state index contributed by atoms with van der Waals surface area (Å²) in [4.78, 5) is 11.8. The van der Waals surface area contributed by atoms with Crippen molar-refractivity contribution in [1.82, 2.24) is 5.32 Å². The van der Waals surface area contributed by atoms with E-state index in [2.05, 4.69) is 5.32 Å². The maximum absolute atomic E-state index is 13.4. The molecule has 5 nitrogen and oxygen atoms in total. The maximum atomic E-state index is 13.4. The quantitative estimate of drug-likeness (QED) is 0.769. The molecule has 0 spiro atoms. The molecule has 2 N–H and O–H groups in total. The normalized spacial score (nSPS) is 13.0. The van der Waals surface area contributed by atoms with E-state index in [1.165, 1.54) is 12.1 Å². The van der Waals surface area contributed by atoms with Crippen LogP contribution in [0.5, 0.6) is 11.5 Å². The van der Waals surface area contributed by atoms with Gasteiger partial charge in [0.05, 0.1) is 12.7 Å². The number of carbonyl (C=O) groups excluding carboxylic acids is 1. The van der Waals surface area contributed by atoms with Gasteiger partial charge in [0.2, 0.25) is 0 Å². The highest BCUT2D eigenvalue weighted by Gasteiger charge is 2.22. The van der Waals surface area contributed by atoms with Gasteiger partial charge >= 0.3 is 0 Å². The molecule has 134 valence electrons. The van der Waals surface area contributed by atoms with Crippen LogP contribution in [0.15, 0.2) is 48.5 Å². The number of hydrogen-bond acceptors (Lipinski definition) is 4. The summed E-state index contributed by atoms with van der Waals surface area (Å²) in [6.07, 6.45) is 0.367. The van der Waals surface area contributed by atoms with Gasteiger partial charge < -0.3 is 19.9 Å². The first-order valence-electron chi connectivity index (χ1n) is 7.89. The van der Waals surface area contributed by atoms with E-state index >= 15 is 0 Å². The van der Waals surface area contributed by atoms with Gasteiger partial charge in [0.25, 0.3) is 5.91 Å². The molecule has 2 rings (SSSR count). The zero-order valence-corrected chi connectivity index (χ0v) is 14.3. The number of halogens is 1. The Morgan fingerprint density at radius 2 is 1.88 bits per heavy atom. The van der Waals surface area contributed by atoms with Crippen molar-refractivity contribution >= 4 is 5.91 Å². The molecule has 6 heteroatoms. The van der Waals surface area contributed by atoms with Crippen molar-refractivity contribution in [2.24, 2.45) is 0 Å². The van der Waals surface area contributed by atoms with Crippen LogP contribution in [0.3, 0.4) is 0 Å². The highest BCUT2D eigenvalue weighted by Crippen LogP contribution is 2.17. The van der Waals surface area contributed by atoms with Crippen molar-refractivity contribution < 1.29 is 23.8 Å². The zero-order valence-electron chi connectivity index (χ0n) is 14.3. The molecule has 0 aromatic heterocycles. The van der Waals surface area contributed by atoms with Gasteiger partial charge in [-0.2, -0.15) is 0 Å². The Kier molecular flexibility index (Phi) is 6.36. The molecule has 0 saturated heterocycles. The molecule has 0 aliphatic rings. The van der Waals surface area contributed by atoms with Crippen LogP contribution in [0.2, 0.25) is 0 Å². The van der Waals surface area contributed by atoms with Crippen LogP contribution in [0.4, 0.5) is 4.39 Å². The smallest absolute Gasteiger partial charge is 0.258 e. The van der Waals surface area contributed by atoms with Gasteiger partial charge in [-0.3, -0.25) is 4.79 Å². The van der Waals surface area contributed by atoms with E-state index in [4.69, 9.17) is 9.47 Å². The summed E-state index contributed by atoms with van der Waals surface area (Å²) in [7, 11) is 1.59. The molecule has 1 atom stereocenters. The van der Waals surface area contributed by atoms with Crippen LogP contribution in [0.1, 0.15) is 12.5 Å². The number of carbonyl (C=O) groups is 1. The van der Waals surface area contributed by atoms with Gasteiger partial charge in [0.1, 0.15) is 5.75 Å². The first-order chi connectivity index (χ1) is 11.9. The number of amides is 1. The fourth-order valence-corrected chi connectivity index (χ4v) is 2.29. The van der Waals surface area contributed by atoms with E-state index in [9.17, 15) is 14.3 Å². The minimum absolute atomic E-state index is 0.0163. The molecule has 0 fully saturated rings. The van der Waals surface area contributed by atoms with Crippen LogP contribution in [-0.4, -0.2) is 36.9 Å². The predicted octanol–water partition coefficient (Wildman–Crippen LogP) is 2.32. The molecule has 0 aliphatic heterocycles. The highest BCUT2D eigenvalue weighted by molar-refractivity contribution is 5.77. The molecule has 0 saturated carbocycles. The lowest BCUT2D eigenvalue weighted by Gasteiger charge is -2.24. The second kappa shape index (κ2) is 8.48. The SMILES string of the molecule is COc1ccc(C[C@@](C)(O)CNC(=O)COc2ccccc2F)cc1. The van der Waals surface area contributed by atoms with Crippen LogP contribution in [0.25, 0.3) is 0 Å². The van der Waals surface area contributed by atoms with E-state index in [1.54, 1.807) is 26.2 Å². The van der Waals surface area contributed by atoms with E-state index in [-0.39, 0.29) is 18.9 Å². The first-order valence-corrected chi connectivity index (χ1v) is 7.89. The molecule has 0 bridgehead atoms. The molecule has 0 heterocycles. The lowest BCUT2D eigenvalue weighted by atomic mass is 9.96. The highest BCUT2D eigenvalue weighted by atomic mass is 19.1. The third kappa shape index (κ3) is 6.08. The molecule has 0 unspecified atom stereocenters. The number of para-hydroxylation sites is 1. The summed E-state index contributed by atoms with van der Waals surface area (Å²) >= 11 is 0. The number of benzene rings is 2. The minimum atomic E-state index is -1.12. The van der Waals surface area contributed by atoms with Crippen molar-refractivity contribution in [3.63, 3.8) is 0 Å². The summed E-state index contributed by atoms with van der Waals surface area (Å²) in [6, 6.07) is 13.2. The average Bonchev–Trinajstić information content (AvgIpc) is 2.60. The average molecular weight is 347 g/mol. The van der Waals surface area contributed by atoms with Crippen LogP contribution in [-0.2, 0) is 11.2 Å². The second-order valence-corrected chi connectivity index (χ2v) is 6.02. The molecule has 1 amide bonds. The number of methoxy groups -OCH3 is 1. The summed E-state index contributed by atoms with van der Waals surface area (Å²) in [5, 5.41) is 13.0. The van der Waals surface area contributed by atoms with Gasteiger partial charge in [-0.05, 0) is 36.8 Å². The number of nitrogens with one attached hydrogen (secondary N) is 1. The van der Waals surface area contributed by atoms with Crippen molar-refractivity contribution in [2.75, 3.05) is 20.3 Å². The first kappa shape index (κ1) is 18.7. The van der Waals surface area contributed by atoms with E-state index in [1.807, 2.05) is 24.3 Å². The Labute approximate surface area is 146 Å². The van der Waals surface area contributed by atoms with E-state index < -0.39 is 17.3 Å². The van der Waals surface area contributed by atoms with Gasteiger partial charge in [-0.1, -0.05) is 24.3 Å². The van der Waals surface area contributed by atoms with Gasteiger partial charge in [-0.15, -0.1) is 0 Å². The molecular formula is C19H22FNO4. The Hall–Kier alpha value is -2.60. The predicted molar refractivity (Wildman–Crippen MR) is 92.2 cm³/mol. The third-order valence-corrected chi connectivity index (χ3v) is 3.61. The monoisotopic (exact) mass is 347 g/mol. The summed E-state index contributed by atoms with van der Waals surface area (Å²) in [6.45, 7) is 1.37. The van der Waals surface area contributed by atoms with Gasteiger partial charge in [0.15, 0.2) is 18.2 Å². The lowest BCUT2D eigenvalue weighted by molar-refractivity contribution is -0.124. The molecule has 0 radical (unpaired) electrons. The lowest BCUT2D eigenvalue weighted by Crippen LogP contribution is -2.43. The molecular weight excluding hydrogens is 325 g/mol. The maximum Gasteiger partial charge on any atom is 0.258 e. The fraction of sp³-hybridized carbons (Fsp3) is 0.316. The van der Waals surface area contributed by atoms with E-state index in [0.717, 1.165) is 11.3 Å². The summed E-state index contributed by atoms with van der Waals surface area (Å²) < 4.78 is 23.6. The van der Waals surface area contributed by atoms with Crippen LogP contribution < -0.4 is 14.8 Å². The van der Waals surface area contributed by atoms with Gasteiger partial charge in [0, 0.05) is 13.0 Å². The second-order valence-electron chi connectivity index (χ2n) is 6.02. The zero-order chi connectivity index (χ0) is 18.3. The Morgan fingerprint density at radius 1 is 1.20 bits per heavy atom. The molecule has 25 heavy (non-hydrogen) atoms. The number of rotatable bonds is 8. The Bertz CT molecular complexity index is 701. The Balaban J connectivity index is 1.79. The molecule has 2 aromatic carbocycles. The topological polar surface area (TPSA) is 67.8 Å². The van der Waals surface area contributed by atoms with Crippen molar-refractivity contribution in [3.05, 3.63) is 59.9 Å². The number of ether oxygens (including phenoxy) is 2. The van der Waals surface area contributed by atoms with E-state index in [0.29, 0.717) is 6.42 Å². The standard InChI is InChI=1S/C19H22FNO4/c1-19(23,11-14-7-9-15(24-2)10-8-14)13-21-18(22)12-25-17-6-4-3-5-16(17)20/h3-10,23H,11-13H2,1-2H3,(H,21,22)/t19-/m1/s1. The Morgan fingerprint density at radius 3 is 2.52 bits per heavy atom. The minimum Gasteiger partial charge on any atom is -0.497 e. The molecule has 2 aromatic rings. The largest absolute Gasteiger partial charge is 0.497 e. The molecule has 0 aliphatic carbocycles. The fourth-order valence-electron chi connectivity index (χ4n) is 2.29. The van der Waals surface area contributed by atoms with Crippen LogP contribution in [0, 0.1) is 5.82 Å². The number of aliphatic hydroxyl groups is 1. The van der Waals surface area contributed by atoms with Gasteiger partial charge in [-0.25, -0.2) is 4.39 Å². The third-order valence-electron chi connectivity index (χ3n) is 3.61. The van der Waals surface area contributed by atoms with Crippen molar-refractivity contribution in [2.45, 2.75) is 18.9 Å². The summed E-state index contributed by atoms with van der Waals surface area (Å²) in [5.74, 6) is -0.204. The van der Waals surface area contributed by atoms with Crippen molar-refractivity contribution in [3.8, 4) is 11.5 Å².